The Balaban J connectivity index is 1.82. The van der Waals surface area contributed by atoms with Crippen molar-refractivity contribution in [3.63, 3.8) is 0 Å². The molecule has 4 rings (SSSR count). The minimum absolute atomic E-state index is 0.0792. The summed E-state index contributed by atoms with van der Waals surface area (Å²) in [7, 11) is 1.41. The minimum atomic E-state index is -4.45. The van der Waals surface area contributed by atoms with Gasteiger partial charge in [-0.2, -0.15) is 23.3 Å². The predicted octanol–water partition coefficient (Wildman–Crippen LogP) is 3.01. The van der Waals surface area contributed by atoms with E-state index in [1.165, 1.54) is 13.2 Å². The standard InChI is InChI=1S/C19H19F3N6O3/c1-26(18(29)30)13-4-2-12(3-5-13)15-14-10-23-28(11-19(20,21)22)16(14)25-17(24-15)27-6-8-31-9-7-27/h2-5,10H,6-9,11H2,1H3,(H,29,30). The van der Waals surface area contributed by atoms with Crippen LogP contribution in [0, 0.1) is 0 Å². The maximum absolute atomic E-state index is 13.0. The summed E-state index contributed by atoms with van der Waals surface area (Å²) in [5, 5.41) is 13.4. The molecule has 3 heterocycles. The molecule has 12 heteroatoms. The van der Waals surface area contributed by atoms with Crippen LogP contribution < -0.4 is 9.80 Å². The molecule has 31 heavy (non-hydrogen) atoms. The fourth-order valence-corrected chi connectivity index (χ4v) is 3.31. The molecule has 2 aromatic heterocycles. The van der Waals surface area contributed by atoms with Gasteiger partial charge >= 0.3 is 12.3 Å². The van der Waals surface area contributed by atoms with Gasteiger partial charge in [0.15, 0.2) is 5.65 Å². The third-order valence-corrected chi connectivity index (χ3v) is 4.92. The van der Waals surface area contributed by atoms with Crippen molar-refractivity contribution < 1.29 is 27.8 Å². The molecule has 9 nitrogen and oxygen atoms in total. The highest BCUT2D eigenvalue weighted by atomic mass is 19.4. The summed E-state index contributed by atoms with van der Waals surface area (Å²) in [6, 6.07) is 6.54. The zero-order chi connectivity index (χ0) is 22.2. The molecule has 1 amide bonds. The van der Waals surface area contributed by atoms with Gasteiger partial charge in [0.05, 0.1) is 30.5 Å². The highest BCUT2D eigenvalue weighted by molar-refractivity contribution is 5.92. The molecule has 0 atom stereocenters. The predicted molar refractivity (Wildman–Crippen MR) is 106 cm³/mol. The summed E-state index contributed by atoms with van der Waals surface area (Å²) in [6.45, 7) is 0.697. The number of hydrogen-bond donors (Lipinski definition) is 1. The molecule has 0 aliphatic carbocycles. The van der Waals surface area contributed by atoms with Crippen molar-refractivity contribution in [1.29, 1.82) is 0 Å². The van der Waals surface area contributed by atoms with E-state index >= 15 is 0 Å². The summed E-state index contributed by atoms with van der Waals surface area (Å²) in [5.74, 6) is 0.293. The van der Waals surface area contributed by atoms with E-state index in [1.54, 1.807) is 24.3 Å². The summed E-state index contributed by atoms with van der Waals surface area (Å²) in [6.07, 6.45) is -4.25. The first kappa shape index (κ1) is 20.8. The Labute approximate surface area is 174 Å². The molecule has 1 aromatic carbocycles. The number of hydrogen-bond acceptors (Lipinski definition) is 6. The van der Waals surface area contributed by atoms with Gasteiger partial charge < -0.3 is 14.7 Å². The first-order chi connectivity index (χ1) is 14.7. The molecule has 0 radical (unpaired) electrons. The van der Waals surface area contributed by atoms with Crippen molar-refractivity contribution in [3.05, 3.63) is 30.5 Å². The van der Waals surface area contributed by atoms with Crippen molar-refractivity contribution in [2.75, 3.05) is 43.2 Å². The van der Waals surface area contributed by atoms with Crippen LogP contribution in [0.15, 0.2) is 30.5 Å². The van der Waals surface area contributed by atoms with Gasteiger partial charge in [-0.25, -0.2) is 14.5 Å². The average Bonchev–Trinajstić information content (AvgIpc) is 3.14. The zero-order valence-corrected chi connectivity index (χ0v) is 16.5. The van der Waals surface area contributed by atoms with Crippen LogP contribution in [0.2, 0.25) is 0 Å². The van der Waals surface area contributed by atoms with Crippen LogP contribution in [0.25, 0.3) is 22.3 Å². The van der Waals surface area contributed by atoms with E-state index in [4.69, 9.17) is 9.84 Å². The number of aromatic nitrogens is 4. The van der Waals surface area contributed by atoms with E-state index < -0.39 is 18.8 Å². The molecule has 1 fully saturated rings. The Bertz CT molecular complexity index is 1090. The quantitative estimate of drug-likeness (QED) is 0.672. The molecular formula is C19H19F3N6O3. The van der Waals surface area contributed by atoms with E-state index in [2.05, 4.69) is 15.1 Å². The van der Waals surface area contributed by atoms with E-state index in [-0.39, 0.29) is 5.65 Å². The fourth-order valence-electron chi connectivity index (χ4n) is 3.31. The monoisotopic (exact) mass is 436 g/mol. The van der Waals surface area contributed by atoms with Gasteiger partial charge in [-0.15, -0.1) is 0 Å². The molecule has 0 bridgehead atoms. The van der Waals surface area contributed by atoms with Crippen LogP contribution >= 0.6 is 0 Å². The van der Waals surface area contributed by atoms with Crippen LogP contribution in [0.3, 0.4) is 0 Å². The van der Waals surface area contributed by atoms with Gasteiger partial charge in [0.1, 0.15) is 6.54 Å². The van der Waals surface area contributed by atoms with Gasteiger partial charge in [-0.1, -0.05) is 12.1 Å². The zero-order valence-electron chi connectivity index (χ0n) is 16.5. The Hall–Kier alpha value is -3.41. The molecule has 1 saturated heterocycles. The van der Waals surface area contributed by atoms with Crippen LogP contribution in [-0.2, 0) is 11.3 Å². The minimum Gasteiger partial charge on any atom is -0.465 e. The maximum atomic E-state index is 13.0. The van der Waals surface area contributed by atoms with Crippen molar-refractivity contribution in [3.8, 4) is 11.3 Å². The first-order valence-electron chi connectivity index (χ1n) is 9.43. The van der Waals surface area contributed by atoms with Gasteiger partial charge in [-0.3, -0.25) is 4.90 Å². The number of nitrogens with zero attached hydrogens (tertiary/aromatic N) is 6. The smallest absolute Gasteiger partial charge is 0.411 e. The number of carboxylic acid groups (broad SMARTS) is 1. The van der Waals surface area contributed by atoms with E-state index in [0.29, 0.717) is 54.6 Å². The summed E-state index contributed by atoms with van der Waals surface area (Å²) in [5.41, 5.74) is 1.55. The molecule has 1 N–H and O–H groups in total. The van der Waals surface area contributed by atoms with Gasteiger partial charge in [0.25, 0.3) is 0 Å². The lowest BCUT2D eigenvalue weighted by atomic mass is 10.1. The van der Waals surface area contributed by atoms with Gasteiger partial charge in [0.2, 0.25) is 5.95 Å². The second-order valence-corrected chi connectivity index (χ2v) is 7.01. The summed E-state index contributed by atoms with van der Waals surface area (Å²) in [4.78, 5) is 23.0. The van der Waals surface area contributed by atoms with Gasteiger partial charge in [-0.05, 0) is 12.1 Å². The second-order valence-electron chi connectivity index (χ2n) is 7.01. The highest BCUT2D eigenvalue weighted by Crippen LogP contribution is 2.31. The molecule has 164 valence electrons. The highest BCUT2D eigenvalue weighted by Gasteiger charge is 2.30. The third-order valence-electron chi connectivity index (χ3n) is 4.92. The van der Waals surface area contributed by atoms with Crippen LogP contribution in [0.1, 0.15) is 0 Å². The fraction of sp³-hybridized carbons (Fsp3) is 0.368. The Morgan fingerprint density at radius 1 is 1.19 bits per heavy atom. The largest absolute Gasteiger partial charge is 0.465 e. The number of anilines is 2. The van der Waals surface area contributed by atoms with Crippen molar-refractivity contribution in [2.45, 2.75) is 12.7 Å². The van der Waals surface area contributed by atoms with Crippen molar-refractivity contribution >= 4 is 28.8 Å². The third kappa shape index (κ3) is 4.38. The number of ether oxygens (including phenoxy) is 1. The van der Waals surface area contributed by atoms with E-state index in [1.807, 2.05) is 4.90 Å². The molecule has 1 aliphatic rings. The number of alkyl halides is 3. The first-order valence-corrected chi connectivity index (χ1v) is 9.43. The lowest BCUT2D eigenvalue weighted by molar-refractivity contribution is -0.141. The number of morpholine rings is 1. The van der Waals surface area contributed by atoms with E-state index in [0.717, 1.165) is 9.58 Å². The lowest BCUT2D eigenvalue weighted by Gasteiger charge is -2.27. The maximum Gasteiger partial charge on any atom is 0.411 e. The molecule has 0 spiro atoms. The summed E-state index contributed by atoms with van der Waals surface area (Å²) >= 11 is 0. The molecular weight excluding hydrogens is 417 g/mol. The molecule has 3 aromatic rings. The molecule has 1 aliphatic heterocycles. The van der Waals surface area contributed by atoms with Crippen molar-refractivity contribution in [2.24, 2.45) is 0 Å². The lowest BCUT2D eigenvalue weighted by Crippen LogP contribution is -2.37. The van der Waals surface area contributed by atoms with E-state index in [9.17, 15) is 18.0 Å². The number of fused-ring (bicyclic) bond motifs is 1. The average molecular weight is 436 g/mol. The second kappa shape index (κ2) is 8.02. The normalized spacial score (nSPS) is 14.8. The number of rotatable bonds is 4. The summed E-state index contributed by atoms with van der Waals surface area (Å²) < 4.78 is 45.2. The Morgan fingerprint density at radius 2 is 1.87 bits per heavy atom. The number of benzene rings is 1. The van der Waals surface area contributed by atoms with Gasteiger partial charge in [0, 0.05) is 31.4 Å². The molecule has 0 saturated carbocycles. The number of halogens is 3. The number of carbonyl (C=O) groups is 1. The van der Waals surface area contributed by atoms with Crippen LogP contribution in [-0.4, -0.2) is 70.5 Å². The topological polar surface area (TPSA) is 96.6 Å². The Kier molecular flexibility index (Phi) is 5.39. The Morgan fingerprint density at radius 3 is 2.48 bits per heavy atom. The molecule has 0 unspecified atom stereocenters. The van der Waals surface area contributed by atoms with Crippen molar-refractivity contribution in [1.82, 2.24) is 19.7 Å². The number of amides is 1. The van der Waals surface area contributed by atoms with Crippen LogP contribution in [0.5, 0.6) is 0 Å². The van der Waals surface area contributed by atoms with Crippen LogP contribution in [0.4, 0.5) is 29.6 Å². The SMILES string of the molecule is CN(C(=O)O)c1ccc(-c2nc(N3CCOCC3)nc3c2cnn3CC(F)(F)F)cc1.